The Morgan fingerprint density at radius 1 is 0.655 bits per heavy atom. The van der Waals surface area contributed by atoms with E-state index in [9.17, 15) is 0 Å². The summed E-state index contributed by atoms with van der Waals surface area (Å²) in [4.78, 5) is 2.77. The zero-order valence-electron chi connectivity index (χ0n) is 17.9. The highest BCUT2D eigenvalue weighted by Crippen LogP contribution is 2.60. The highest BCUT2D eigenvalue weighted by molar-refractivity contribution is 5.49. The van der Waals surface area contributed by atoms with Crippen molar-refractivity contribution >= 4 is 5.69 Å². The van der Waals surface area contributed by atoms with Crippen LogP contribution in [0.25, 0.3) is 0 Å². The van der Waals surface area contributed by atoms with Crippen molar-refractivity contribution in [1.29, 1.82) is 0 Å². The lowest BCUT2D eigenvalue weighted by Crippen LogP contribution is -2.62. The highest BCUT2D eigenvalue weighted by atomic mass is 16.5. The maximum Gasteiger partial charge on any atom is 0.120 e. The van der Waals surface area contributed by atoms with Gasteiger partial charge in [0, 0.05) is 11.2 Å². The van der Waals surface area contributed by atoms with Gasteiger partial charge in [0.25, 0.3) is 0 Å². The largest absolute Gasteiger partial charge is 0.355 e. The van der Waals surface area contributed by atoms with Gasteiger partial charge in [-0.1, -0.05) is 18.2 Å². The van der Waals surface area contributed by atoms with E-state index in [2.05, 4.69) is 35.2 Å². The van der Waals surface area contributed by atoms with E-state index in [-0.39, 0.29) is 5.60 Å². The van der Waals surface area contributed by atoms with Crippen molar-refractivity contribution in [3.05, 3.63) is 30.3 Å². The first-order valence-corrected chi connectivity index (χ1v) is 12.6. The number of anilines is 1. The van der Waals surface area contributed by atoms with Gasteiger partial charge < -0.3 is 9.64 Å². The number of benzene rings is 1. The third-order valence-corrected chi connectivity index (χ3v) is 10.1. The lowest BCUT2D eigenvalue weighted by molar-refractivity contribution is -0.166. The number of rotatable bonds is 5. The standard InChI is InChI=1S/C27H37NO/c1-2-4-25(5-3-1)28(26-12-19-6-20(13-26)8-21(7-19)14-26)18-29-27-15-22-9-23(16-27)11-24(10-22)17-27/h1-5,19-24H,6-18H2. The summed E-state index contributed by atoms with van der Waals surface area (Å²) in [5.74, 6) is 5.83. The minimum atomic E-state index is 0.212. The molecule has 8 aliphatic carbocycles. The van der Waals surface area contributed by atoms with Crippen molar-refractivity contribution in [3.63, 3.8) is 0 Å². The summed E-state index contributed by atoms with van der Waals surface area (Å²) in [6, 6.07) is 11.3. The van der Waals surface area contributed by atoms with Gasteiger partial charge >= 0.3 is 0 Å². The van der Waals surface area contributed by atoms with Gasteiger partial charge in [-0.15, -0.1) is 0 Å². The van der Waals surface area contributed by atoms with Crippen LogP contribution in [0, 0.1) is 35.5 Å². The SMILES string of the molecule is c1ccc(N(COC23CC4CC(CC(C4)C2)C3)C23CC4CC(CC(C4)C2)C3)cc1. The number of ether oxygens (including phenoxy) is 1. The Morgan fingerprint density at radius 3 is 1.59 bits per heavy atom. The van der Waals surface area contributed by atoms with Crippen LogP contribution in [-0.2, 0) is 4.74 Å². The molecule has 1 aromatic carbocycles. The van der Waals surface area contributed by atoms with Gasteiger partial charge in [0.2, 0.25) is 0 Å². The summed E-state index contributed by atoms with van der Waals surface area (Å²) in [6.45, 7) is 0.836. The van der Waals surface area contributed by atoms with Gasteiger partial charge in [0.15, 0.2) is 0 Å². The summed E-state index contributed by atoms with van der Waals surface area (Å²) in [6.07, 6.45) is 17.3. The van der Waals surface area contributed by atoms with Crippen LogP contribution in [0.4, 0.5) is 5.69 Å². The van der Waals surface area contributed by atoms with E-state index in [4.69, 9.17) is 4.74 Å². The van der Waals surface area contributed by atoms with Crippen LogP contribution in [0.15, 0.2) is 30.3 Å². The Bertz CT molecular complexity index is 699. The Labute approximate surface area is 176 Å². The fourth-order valence-electron chi connectivity index (χ4n) is 9.90. The molecule has 2 heteroatoms. The van der Waals surface area contributed by atoms with Gasteiger partial charge in [-0.05, 0) is 125 Å². The number of hydrogen-bond acceptors (Lipinski definition) is 2. The molecular weight excluding hydrogens is 354 g/mol. The van der Waals surface area contributed by atoms with Gasteiger partial charge in [-0.3, -0.25) is 0 Å². The predicted octanol–water partition coefficient (Wildman–Crippen LogP) is 6.40. The van der Waals surface area contributed by atoms with Crippen LogP contribution in [0.2, 0.25) is 0 Å². The molecule has 156 valence electrons. The molecule has 0 N–H and O–H groups in total. The van der Waals surface area contributed by atoms with Crippen molar-refractivity contribution in [3.8, 4) is 0 Å². The molecule has 0 aliphatic heterocycles. The van der Waals surface area contributed by atoms with Gasteiger partial charge in [0.05, 0.1) is 5.60 Å². The number of para-hydroxylation sites is 1. The average molecular weight is 392 g/mol. The third-order valence-electron chi connectivity index (χ3n) is 10.1. The van der Waals surface area contributed by atoms with Crippen molar-refractivity contribution in [2.75, 3.05) is 11.6 Å². The summed E-state index contributed by atoms with van der Waals surface area (Å²) >= 11 is 0. The summed E-state index contributed by atoms with van der Waals surface area (Å²) in [7, 11) is 0. The second kappa shape index (κ2) is 6.25. The summed E-state index contributed by atoms with van der Waals surface area (Å²) in [5.41, 5.74) is 2.00. The first-order valence-electron chi connectivity index (χ1n) is 12.6. The van der Waals surface area contributed by atoms with Crippen LogP contribution in [0.5, 0.6) is 0 Å². The van der Waals surface area contributed by atoms with E-state index < -0.39 is 0 Å². The molecule has 8 fully saturated rings. The Balaban J connectivity index is 1.19. The molecule has 9 rings (SSSR count). The van der Waals surface area contributed by atoms with Crippen molar-refractivity contribution in [2.24, 2.45) is 35.5 Å². The summed E-state index contributed by atoms with van der Waals surface area (Å²) < 4.78 is 7.07. The van der Waals surface area contributed by atoms with Crippen molar-refractivity contribution in [2.45, 2.75) is 88.2 Å². The van der Waals surface area contributed by atoms with Gasteiger partial charge in [-0.2, -0.15) is 0 Å². The molecule has 1 aromatic rings. The minimum absolute atomic E-state index is 0.212. The van der Waals surface area contributed by atoms with Crippen LogP contribution < -0.4 is 4.90 Å². The number of nitrogens with zero attached hydrogens (tertiary/aromatic N) is 1. The van der Waals surface area contributed by atoms with Crippen LogP contribution in [0.3, 0.4) is 0 Å². The molecular formula is C27H37NO. The van der Waals surface area contributed by atoms with Crippen LogP contribution >= 0.6 is 0 Å². The van der Waals surface area contributed by atoms with E-state index in [1.54, 1.807) is 0 Å². The Morgan fingerprint density at radius 2 is 1.10 bits per heavy atom. The van der Waals surface area contributed by atoms with Gasteiger partial charge in [0.1, 0.15) is 6.73 Å². The van der Waals surface area contributed by atoms with Crippen molar-refractivity contribution < 1.29 is 4.74 Å². The molecule has 0 radical (unpaired) electrons. The molecule has 0 amide bonds. The fraction of sp³-hybridized carbons (Fsp3) is 0.778. The fourth-order valence-corrected chi connectivity index (χ4v) is 9.90. The average Bonchev–Trinajstić information content (AvgIpc) is 2.66. The molecule has 0 saturated heterocycles. The second-order valence-corrected chi connectivity index (χ2v) is 12.3. The highest BCUT2D eigenvalue weighted by Gasteiger charge is 2.55. The lowest BCUT2D eigenvalue weighted by Gasteiger charge is -2.62. The van der Waals surface area contributed by atoms with E-state index >= 15 is 0 Å². The maximum absolute atomic E-state index is 7.07. The maximum atomic E-state index is 7.07. The normalized spacial score (nSPS) is 49.0. The van der Waals surface area contributed by atoms with E-state index in [0.717, 1.165) is 42.2 Å². The molecule has 0 spiro atoms. The van der Waals surface area contributed by atoms with E-state index in [1.165, 1.54) is 82.7 Å². The smallest absolute Gasteiger partial charge is 0.120 e. The quantitative estimate of drug-likeness (QED) is 0.538. The molecule has 0 unspecified atom stereocenters. The monoisotopic (exact) mass is 391 g/mol. The van der Waals surface area contributed by atoms with Crippen LogP contribution in [0.1, 0.15) is 77.0 Å². The molecule has 8 aliphatic rings. The zero-order valence-corrected chi connectivity index (χ0v) is 17.9. The molecule has 0 atom stereocenters. The first kappa shape index (κ1) is 17.6. The van der Waals surface area contributed by atoms with E-state index in [0.29, 0.717) is 5.54 Å². The van der Waals surface area contributed by atoms with E-state index in [1.807, 2.05) is 0 Å². The molecule has 2 nitrogen and oxygen atoms in total. The Hall–Kier alpha value is -1.02. The number of hydrogen-bond donors (Lipinski definition) is 0. The molecule has 8 bridgehead atoms. The third kappa shape index (κ3) is 2.84. The molecule has 8 saturated carbocycles. The molecule has 0 heterocycles. The second-order valence-electron chi connectivity index (χ2n) is 12.3. The Kier molecular flexibility index (Phi) is 3.80. The molecule has 29 heavy (non-hydrogen) atoms. The zero-order chi connectivity index (χ0) is 19.1. The van der Waals surface area contributed by atoms with Crippen LogP contribution in [-0.4, -0.2) is 17.9 Å². The minimum Gasteiger partial charge on any atom is -0.355 e. The first-order chi connectivity index (χ1) is 14.2. The van der Waals surface area contributed by atoms with Gasteiger partial charge in [-0.25, -0.2) is 0 Å². The predicted molar refractivity (Wildman–Crippen MR) is 117 cm³/mol. The van der Waals surface area contributed by atoms with Crippen molar-refractivity contribution in [1.82, 2.24) is 0 Å². The lowest BCUT2D eigenvalue weighted by atomic mass is 9.52. The molecule has 0 aromatic heterocycles. The topological polar surface area (TPSA) is 12.5 Å². The summed E-state index contributed by atoms with van der Waals surface area (Å²) in [5, 5.41) is 0.